The number of rotatable bonds is 33. The maximum Gasteiger partial charge on any atom is 0.118 e. The number of aryl methyl sites for hydroxylation is 1. The van der Waals surface area contributed by atoms with Crippen molar-refractivity contribution in [2.24, 2.45) is 0 Å². The lowest BCUT2D eigenvalue weighted by molar-refractivity contribution is 0.465. The van der Waals surface area contributed by atoms with Gasteiger partial charge in [-0.1, -0.05) is 224 Å². The predicted molar refractivity (Wildman–Crippen MR) is 185 cm³/mol. The Labute approximate surface area is 259 Å². The largest absolute Gasteiger partial charge is 0.508 e. The van der Waals surface area contributed by atoms with Gasteiger partial charge < -0.3 is 5.11 Å². The molecule has 1 rings (SSSR count). The van der Waals surface area contributed by atoms with Crippen molar-refractivity contribution in [3.05, 3.63) is 29.8 Å². The minimum absolute atomic E-state index is 0.466. The average Bonchev–Trinajstić information content (AvgIpc) is 2.98. The number of hydrogen-bond donors (Lipinski definition) is 1. The minimum Gasteiger partial charge on any atom is -0.508 e. The van der Waals surface area contributed by atoms with E-state index in [0.717, 1.165) is 12.0 Å². The van der Waals surface area contributed by atoms with Crippen LogP contribution in [0, 0.1) is 0 Å². The summed E-state index contributed by atoms with van der Waals surface area (Å²) in [6, 6.07) is 7.79. The van der Waals surface area contributed by atoms with Crippen LogP contribution in [-0.4, -0.2) is 5.11 Å². The van der Waals surface area contributed by atoms with Crippen LogP contribution in [0.3, 0.4) is 0 Å². The van der Waals surface area contributed by atoms with Crippen LogP contribution < -0.4 is 0 Å². The molecule has 1 N–H and O–H groups in total. The SMILES string of the molecule is CCCCCCCCCCCCCCCCCCCCCCCCCCCCCCCCCCc1ccccc1O. The minimum atomic E-state index is 0.466. The molecular formula is C40H74O. The lowest BCUT2D eigenvalue weighted by Crippen LogP contribution is -1.87. The number of benzene rings is 1. The Morgan fingerprint density at radius 2 is 0.585 bits per heavy atom. The highest BCUT2D eigenvalue weighted by Crippen LogP contribution is 2.20. The van der Waals surface area contributed by atoms with E-state index in [1.165, 1.54) is 205 Å². The summed E-state index contributed by atoms with van der Waals surface area (Å²) >= 11 is 0. The Bertz CT molecular complexity index is 623. The molecular weight excluding hydrogens is 496 g/mol. The van der Waals surface area contributed by atoms with Crippen LogP contribution in [0.1, 0.15) is 218 Å². The summed E-state index contributed by atoms with van der Waals surface area (Å²) in [5.41, 5.74) is 1.11. The molecule has 1 aromatic rings. The fraction of sp³-hybridized carbons (Fsp3) is 0.850. The normalized spacial score (nSPS) is 11.4. The third-order valence-electron chi connectivity index (χ3n) is 9.29. The topological polar surface area (TPSA) is 20.2 Å². The van der Waals surface area contributed by atoms with Gasteiger partial charge in [-0.05, 0) is 24.5 Å². The lowest BCUT2D eigenvalue weighted by atomic mass is 10.0. The van der Waals surface area contributed by atoms with Gasteiger partial charge in [-0.15, -0.1) is 0 Å². The molecule has 1 nitrogen and oxygen atoms in total. The van der Waals surface area contributed by atoms with Crippen LogP contribution >= 0.6 is 0 Å². The third kappa shape index (κ3) is 27.6. The molecule has 0 bridgehead atoms. The molecule has 1 heteroatoms. The number of para-hydroxylation sites is 1. The molecule has 0 atom stereocenters. The fourth-order valence-corrected chi connectivity index (χ4v) is 6.41. The van der Waals surface area contributed by atoms with Crippen molar-refractivity contribution in [1.82, 2.24) is 0 Å². The van der Waals surface area contributed by atoms with Crippen molar-refractivity contribution in [2.75, 3.05) is 0 Å². The summed E-state index contributed by atoms with van der Waals surface area (Å²) in [5, 5.41) is 9.83. The smallest absolute Gasteiger partial charge is 0.118 e. The number of hydrogen-bond acceptors (Lipinski definition) is 1. The first-order chi connectivity index (χ1) is 20.3. The summed E-state index contributed by atoms with van der Waals surface area (Å²) in [7, 11) is 0. The molecule has 0 aliphatic rings. The zero-order valence-electron chi connectivity index (χ0n) is 28.1. The van der Waals surface area contributed by atoms with Crippen LogP contribution in [0.2, 0.25) is 0 Å². The molecule has 240 valence electrons. The van der Waals surface area contributed by atoms with Gasteiger partial charge in [0, 0.05) is 0 Å². The Kier molecular flexibility index (Phi) is 29.6. The summed E-state index contributed by atoms with van der Waals surface area (Å²) in [5.74, 6) is 0.466. The summed E-state index contributed by atoms with van der Waals surface area (Å²) in [4.78, 5) is 0. The van der Waals surface area contributed by atoms with E-state index in [4.69, 9.17) is 0 Å². The molecule has 0 fully saturated rings. The van der Waals surface area contributed by atoms with E-state index in [-0.39, 0.29) is 0 Å². The number of aromatic hydroxyl groups is 1. The first-order valence-corrected chi connectivity index (χ1v) is 19.1. The van der Waals surface area contributed by atoms with Crippen LogP contribution in [0.15, 0.2) is 24.3 Å². The second-order valence-electron chi connectivity index (χ2n) is 13.3. The second kappa shape index (κ2) is 31.9. The van der Waals surface area contributed by atoms with E-state index >= 15 is 0 Å². The molecule has 1 aromatic carbocycles. The average molecular weight is 571 g/mol. The number of unbranched alkanes of at least 4 members (excludes halogenated alkanes) is 31. The van der Waals surface area contributed by atoms with Crippen molar-refractivity contribution in [3.63, 3.8) is 0 Å². The highest BCUT2D eigenvalue weighted by molar-refractivity contribution is 5.31. The van der Waals surface area contributed by atoms with E-state index in [1.807, 2.05) is 12.1 Å². The van der Waals surface area contributed by atoms with Gasteiger partial charge in [0.25, 0.3) is 0 Å². The first-order valence-electron chi connectivity index (χ1n) is 19.1. The zero-order chi connectivity index (χ0) is 29.3. The van der Waals surface area contributed by atoms with Crippen molar-refractivity contribution < 1.29 is 5.11 Å². The molecule has 0 saturated carbocycles. The van der Waals surface area contributed by atoms with Gasteiger partial charge in [-0.3, -0.25) is 0 Å². The maximum absolute atomic E-state index is 9.83. The van der Waals surface area contributed by atoms with Crippen LogP contribution in [-0.2, 0) is 6.42 Å². The van der Waals surface area contributed by atoms with E-state index < -0.39 is 0 Å². The molecule has 0 unspecified atom stereocenters. The third-order valence-corrected chi connectivity index (χ3v) is 9.29. The molecule has 0 aromatic heterocycles. The van der Waals surface area contributed by atoms with E-state index in [1.54, 1.807) is 6.07 Å². The zero-order valence-corrected chi connectivity index (χ0v) is 28.1. The molecule has 0 aliphatic heterocycles. The summed E-state index contributed by atoms with van der Waals surface area (Å²) in [6.07, 6.45) is 47.3. The van der Waals surface area contributed by atoms with Crippen LogP contribution in [0.4, 0.5) is 0 Å². The van der Waals surface area contributed by atoms with E-state index in [0.29, 0.717) is 5.75 Å². The van der Waals surface area contributed by atoms with Crippen LogP contribution in [0.5, 0.6) is 5.75 Å². The highest BCUT2D eigenvalue weighted by Gasteiger charge is 2.00. The first kappa shape index (κ1) is 38.0. The molecule has 41 heavy (non-hydrogen) atoms. The Morgan fingerprint density at radius 3 is 0.854 bits per heavy atom. The van der Waals surface area contributed by atoms with Gasteiger partial charge >= 0.3 is 0 Å². The summed E-state index contributed by atoms with van der Waals surface area (Å²) in [6.45, 7) is 2.31. The van der Waals surface area contributed by atoms with Crippen molar-refractivity contribution >= 4 is 0 Å². The predicted octanol–water partition coefficient (Wildman–Crippen LogP) is 14.4. The number of phenols is 1. The van der Waals surface area contributed by atoms with E-state index in [9.17, 15) is 5.11 Å². The van der Waals surface area contributed by atoms with Gasteiger partial charge in [0.15, 0.2) is 0 Å². The number of phenolic OH excluding ortho intramolecular Hbond substituents is 1. The maximum atomic E-state index is 9.83. The Morgan fingerprint density at radius 1 is 0.341 bits per heavy atom. The standard InChI is InChI=1S/C40H74O/c1-2-3-4-5-6-7-8-9-10-11-12-13-14-15-16-17-18-19-20-21-22-23-24-25-26-27-28-29-30-31-32-33-36-39-37-34-35-38-40(39)41/h34-35,37-38,41H,2-33,36H2,1H3. The molecule has 0 aliphatic carbocycles. The van der Waals surface area contributed by atoms with Crippen LogP contribution in [0.25, 0.3) is 0 Å². The Balaban J connectivity index is 1.64. The second-order valence-corrected chi connectivity index (χ2v) is 13.3. The van der Waals surface area contributed by atoms with E-state index in [2.05, 4.69) is 13.0 Å². The molecule has 0 radical (unpaired) electrons. The van der Waals surface area contributed by atoms with Crippen molar-refractivity contribution in [1.29, 1.82) is 0 Å². The highest BCUT2D eigenvalue weighted by atomic mass is 16.3. The molecule has 0 heterocycles. The van der Waals surface area contributed by atoms with Gasteiger partial charge in [0.2, 0.25) is 0 Å². The monoisotopic (exact) mass is 571 g/mol. The van der Waals surface area contributed by atoms with Gasteiger partial charge in [-0.2, -0.15) is 0 Å². The molecule has 0 saturated heterocycles. The Hall–Kier alpha value is -0.980. The quantitative estimate of drug-likeness (QED) is 0.0833. The fourth-order valence-electron chi connectivity index (χ4n) is 6.41. The van der Waals surface area contributed by atoms with Crippen molar-refractivity contribution in [2.45, 2.75) is 219 Å². The summed E-state index contributed by atoms with van der Waals surface area (Å²) < 4.78 is 0. The van der Waals surface area contributed by atoms with Gasteiger partial charge in [0.1, 0.15) is 5.75 Å². The molecule has 0 amide bonds. The lowest BCUT2D eigenvalue weighted by Gasteiger charge is -2.05. The van der Waals surface area contributed by atoms with Crippen molar-refractivity contribution in [3.8, 4) is 5.75 Å². The van der Waals surface area contributed by atoms with Gasteiger partial charge in [0.05, 0.1) is 0 Å². The molecule has 0 spiro atoms. The van der Waals surface area contributed by atoms with Gasteiger partial charge in [-0.25, -0.2) is 0 Å².